The third kappa shape index (κ3) is 2.22. The van der Waals surface area contributed by atoms with Crippen molar-refractivity contribution in [3.05, 3.63) is 23.5 Å². The summed E-state index contributed by atoms with van der Waals surface area (Å²) in [5, 5.41) is 0. The molecule has 0 unspecified atom stereocenters. The normalized spacial score (nSPS) is 9.86. The number of aromatic nitrogens is 1. The van der Waals surface area contributed by atoms with E-state index in [1.807, 2.05) is 6.92 Å². The van der Waals surface area contributed by atoms with Crippen molar-refractivity contribution < 1.29 is 9.53 Å². The van der Waals surface area contributed by atoms with Crippen LogP contribution in [0.2, 0.25) is 0 Å². The van der Waals surface area contributed by atoms with E-state index in [9.17, 15) is 4.79 Å². The Balaban J connectivity index is 3.03. The number of hydrogen-bond donors (Lipinski definition) is 1. The number of anilines is 1. The van der Waals surface area contributed by atoms with Gasteiger partial charge in [-0.25, -0.2) is 4.79 Å². The minimum absolute atomic E-state index is 0.357. The van der Waals surface area contributed by atoms with Crippen molar-refractivity contribution in [2.75, 3.05) is 12.3 Å². The van der Waals surface area contributed by atoms with Gasteiger partial charge in [-0.15, -0.1) is 0 Å². The standard InChI is InChI=1S/C10H14N2O2/c1-3-9-8(10(13)14-4-2)5-7(11)6-12-9/h5-6H,3-4,11H2,1-2H3. The summed E-state index contributed by atoms with van der Waals surface area (Å²) in [6.07, 6.45) is 2.23. The van der Waals surface area contributed by atoms with Gasteiger partial charge < -0.3 is 10.5 Å². The van der Waals surface area contributed by atoms with Crippen LogP contribution in [-0.4, -0.2) is 17.6 Å². The van der Waals surface area contributed by atoms with E-state index < -0.39 is 0 Å². The van der Waals surface area contributed by atoms with Gasteiger partial charge in [0.15, 0.2) is 0 Å². The molecule has 0 fully saturated rings. The van der Waals surface area contributed by atoms with Gasteiger partial charge in [-0.2, -0.15) is 0 Å². The molecule has 0 aromatic carbocycles. The second-order valence-electron chi connectivity index (χ2n) is 2.84. The molecule has 0 bridgehead atoms. The molecule has 2 N–H and O–H groups in total. The van der Waals surface area contributed by atoms with Crippen LogP contribution in [0.4, 0.5) is 5.69 Å². The van der Waals surface area contributed by atoms with Gasteiger partial charge in [-0.1, -0.05) is 6.92 Å². The Labute approximate surface area is 83.1 Å². The van der Waals surface area contributed by atoms with Crippen molar-refractivity contribution in [2.45, 2.75) is 20.3 Å². The zero-order valence-electron chi connectivity index (χ0n) is 8.41. The molecule has 0 aliphatic rings. The van der Waals surface area contributed by atoms with Crippen LogP contribution in [0, 0.1) is 0 Å². The quantitative estimate of drug-likeness (QED) is 0.739. The largest absolute Gasteiger partial charge is 0.462 e. The lowest BCUT2D eigenvalue weighted by Crippen LogP contribution is -2.10. The van der Waals surface area contributed by atoms with Gasteiger partial charge in [0.2, 0.25) is 0 Å². The third-order valence-corrected chi connectivity index (χ3v) is 1.82. The second-order valence-corrected chi connectivity index (χ2v) is 2.84. The first-order valence-electron chi connectivity index (χ1n) is 4.60. The van der Waals surface area contributed by atoms with Crippen molar-refractivity contribution in [2.24, 2.45) is 0 Å². The highest BCUT2D eigenvalue weighted by Gasteiger charge is 2.12. The predicted molar refractivity (Wildman–Crippen MR) is 54.0 cm³/mol. The fourth-order valence-electron chi connectivity index (χ4n) is 1.18. The Hall–Kier alpha value is -1.58. The van der Waals surface area contributed by atoms with Gasteiger partial charge in [-0.3, -0.25) is 4.98 Å². The topological polar surface area (TPSA) is 65.2 Å². The van der Waals surface area contributed by atoms with E-state index in [0.717, 1.165) is 5.69 Å². The Morgan fingerprint density at radius 3 is 2.86 bits per heavy atom. The van der Waals surface area contributed by atoms with E-state index in [0.29, 0.717) is 24.3 Å². The number of nitrogen functional groups attached to an aromatic ring is 1. The molecule has 0 aliphatic carbocycles. The summed E-state index contributed by atoms with van der Waals surface area (Å²) in [7, 11) is 0. The summed E-state index contributed by atoms with van der Waals surface area (Å²) in [6.45, 7) is 4.06. The Kier molecular flexibility index (Phi) is 3.45. The maximum atomic E-state index is 11.5. The van der Waals surface area contributed by atoms with E-state index >= 15 is 0 Å². The van der Waals surface area contributed by atoms with Crippen molar-refractivity contribution in [1.29, 1.82) is 0 Å². The van der Waals surface area contributed by atoms with Gasteiger partial charge in [0.1, 0.15) is 0 Å². The summed E-state index contributed by atoms with van der Waals surface area (Å²) in [6, 6.07) is 1.60. The molecule has 14 heavy (non-hydrogen) atoms. The zero-order chi connectivity index (χ0) is 10.6. The lowest BCUT2D eigenvalue weighted by molar-refractivity contribution is 0.0524. The third-order valence-electron chi connectivity index (χ3n) is 1.82. The number of nitrogens with zero attached hydrogens (tertiary/aromatic N) is 1. The van der Waals surface area contributed by atoms with Crippen molar-refractivity contribution in [3.8, 4) is 0 Å². The number of ether oxygens (including phenoxy) is 1. The van der Waals surface area contributed by atoms with Crippen LogP contribution in [0.5, 0.6) is 0 Å². The van der Waals surface area contributed by atoms with Crippen LogP contribution in [0.3, 0.4) is 0 Å². The van der Waals surface area contributed by atoms with Crippen LogP contribution in [-0.2, 0) is 11.2 Å². The number of aryl methyl sites for hydroxylation is 1. The Bertz CT molecular complexity index is 337. The van der Waals surface area contributed by atoms with Crippen molar-refractivity contribution >= 4 is 11.7 Å². The molecule has 0 aliphatic heterocycles. The lowest BCUT2D eigenvalue weighted by atomic mass is 10.1. The van der Waals surface area contributed by atoms with Crippen LogP contribution in [0.15, 0.2) is 12.3 Å². The molecule has 0 spiro atoms. The molecule has 1 heterocycles. The van der Waals surface area contributed by atoms with Crippen LogP contribution >= 0.6 is 0 Å². The number of esters is 1. The fourth-order valence-corrected chi connectivity index (χ4v) is 1.18. The van der Waals surface area contributed by atoms with Crippen LogP contribution in [0.1, 0.15) is 29.9 Å². The van der Waals surface area contributed by atoms with E-state index in [2.05, 4.69) is 4.98 Å². The number of rotatable bonds is 3. The molecule has 76 valence electrons. The van der Waals surface area contributed by atoms with Gasteiger partial charge in [0.25, 0.3) is 0 Å². The first-order chi connectivity index (χ1) is 6.69. The van der Waals surface area contributed by atoms with E-state index in [1.54, 1.807) is 19.2 Å². The molecule has 0 saturated heterocycles. The summed E-state index contributed by atoms with van der Waals surface area (Å²) >= 11 is 0. The fraction of sp³-hybridized carbons (Fsp3) is 0.400. The summed E-state index contributed by atoms with van der Waals surface area (Å²) < 4.78 is 4.89. The number of hydrogen-bond acceptors (Lipinski definition) is 4. The predicted octanol–water partition coefficient (Wildman–Crippen LogP) is 1.40. The van der Waals surface area contributed by atoms with Gasteiger partial charge in [-0.05, 0) is 19.4 Å². The number of pyridine rings is 1. The van der Waals surface area contributed by atoms with E-state index in [4.69, 9.17) is 10.5 Å². The maximum Gasteiger partial charge on any atom is 0.340 e. The molecular weight excluding hydrogens is 180 g/mol. The summed E-state index contributed by atoms with van der Waals surface area (Å²) in [5.74, 6) is -0.357. The molecule has 1 aromatic heterocycles. The Morgan fingerprint density at radius 1 is 1.57 bits per heavy atom. The van der Waals surface area contributed by atoms with E-state index in [-0.39, 0.29) is 5.97 Å². The minimum Gasteiger partial charge on any atom is -0.462 e. The highest BCUT2D eigenvalue weighted by atomic mass is 16.5. The molecule has 4 nitrogen and oxygen atoms in total. The highest BCUT2D eigenvalue weighted by Crippen LogP contribution is 2.12. The molecule has 0 atom stereocenters. The number of carbonyl (C=O) groups is 1. The summed E-state index contributed by atoms with van der Waals surface area (Å²) in [5.41, 5.74) is 7.21. The zero-order valence-corrected chi connectivity index (χ0v) is 8.41. The molecule has 0 amide bonds. The van der Waals surface area contributed by atoms with Crippen LogP contribution in [0.25, 0.3) is 0 Å². The van der Waals surface area contributed by atoms with Gasteiger partial charge in [0, 0.05) is 0 Å². The lowest BCUT2D eigenvalue weighted by Gasteiger charge is -2.06. The Morgan fingerprint density at radius 2 is 2.29 bits per heavy atom. The van der Waals surface area contributed by atoms with Gasteiger partial charge in [0.05, 0.1) is 29.7 Å². The highest BCUT2D eigenvalue weighted by molar-refractivity contribution is 5.91. The van der Waals surface area contributed by atoms with Crippen LogP contribution < -0.4 is 5.73 Å². The smallest absolute Gasteiger partial charge is 0.340 e. The molecular formula is C10H14N2O2. The van der Waals surface area contributed by atoms with Crippen molar-refractivity contribution in [1.82, 2.24) is 4.98 Å². The molecule has 1 rings (SSSR count). The first kappa shape index (κ1) is 10.5. The number of nitrogens with two attached hydrogens (primary N) is 1. The average molecular weight is 194 g/mol. The first-order valence-corrected chi connectivity index (χ1v) is 4.60. The monoisotopic (exact) mass is 194 g/mol. The average Bonchev–Trinajstić information content (AvgIpc) is 2.18. The molecule has 4 heteroatoms. The summed E-state index contributed by atoms with van der Waals surface area (Å²) in [4.78, 5) is 15.5. The molecule has 1 aromatic rings. The van der Waals surface area contributed by atoms with Crippen molar-refractivity contribution in [3.63, 3.8) is 0 Å². The second kappa shape index (κ2) is 4.60. The number of carbonyl (C=O) groups excluding carboxylic acids is 1. The minimum atomic E-state index is -0.357. The van der Waals surface area contributed by atoms with Gasteiger partial charge >= 0.3 is 5.97 Å². The SMILES string of the molecule is CCOC(=O)c1cc(N)cnc1CC. The molecule has 0 radical (unpaired) electrons. The molecule has 0 saturated carbocycles. The van der Waals surface area contributed by atoms with E-state index in [1.165, 1.54) is 0 Å². The maximum absolute atomic E-state index is 11.5.